The molecule has 0 bridgehead atoms. The van der Waals surface area contributed by atoms with E-state index in [9.17, 15) is 0 Å². The molecule has 1 aliphatic heterocycles. The third-order valence-corrected chi connectivity index (χ3v) is 2.73. The van der Waals surface area contributed by atoms with Crippen molar-refractivity contribution in [1.29, 1.82) is 0 Å². The molecule has 1 N–H and O–H groups in total. The third-order valence-electron chi connectivity index (χ3n) is 2.00. The van der Waals surface area contributed by atoms with Gasteiger partial charge in [0.15, 0.2) is 5.13 Å². The minimum atomic E-state index is 0.675. The lowest BCUT2D eigenvalue weighted by Gasteiger charge is -2.06. The Kier molecular flexibility index (Phi) is 2.58. The van der Waals surface area contributed by atoms with Gasteiger partial charge in [0, 0.05) is 30.6 Å². The Morgan fingerprint density at radius 1 is 1.75 bits per heavy atom. The van der Waals surface area contributed by atoms with Crippen molar-refractivity contribution >= 4 is 16.5 Å². The van der Waals surface area contributed by atoms with Crippen molar-refractivity contribution in [3.63, 3.8) is 0 Å². The zero-order valence-electron chi connectivity index (χ0n) is 6.82. The average Bonchev–Trinajstić information content (AvgIpc) is 2.74. The van der Waals surface area contributed by atoms with Crippen molar-refractivity contribution in [1.82, 2.24) is 4.98 Å². The Bertz CT molecular complexity index is 219. The van der Waals surface area contributed by atoms with Crippen LogP contribution in [0.25, 0.3) is 0 Å². The lowest BCUT2D eigenvalue weighted by Crippen LogP contribution is -2.13. The van der Waals surface area contributed by atoms with Crippen LogP contribution in [0.5, 0.6) is 0 Å². The van der Waals surface area contributed by atoms with Crippen molar-refractivity contribution in [2.45, 2.75) is 6.42 Å². The molecule has 0 spiro atoms. The van der Waals surface area contributed by atoms with Crippen molar-refractivity contribution in [3.05, 3.63) is 11.6 Å². The summed E-state index contributed by atoms with van der Waals surface area (Å²) in [6.45, 7) is 2.82. The van der Waals surface area contributed by atoms with Crippen LogP contribution in [-0.4, -0.2) is 24.7 Å². The number of anilines is 1. The van der Waals surface area contributed by atoms with Crippen LogP contribution >= 0.6 is 11.3 Å². The van der Waals surface area contributed by atoms with Crippen molar-refractivity contribution in [3.8, 4) is 0 Å². The van der Waals surface area contributed by atoms with Gasteiger partial charge in [-0.15, -0.1) is 11.3 Å². The van der Waals surface area contributed by atoms with Gasteiger partial charge in [-0.2, -0.15) is 0 Å². The molecule has 1 fully saturated rings. The summed E-state index contributed by atoms with van der Waals surface area (Å²) in [5.41, 5.74) is 0. The first-order chi connectivity index (χ1) is 5.95. The zero-order chi connectivity index (χ0) is 8.23. The van der Waals surface area contributed by atoms with Crippen molar-refractivity contribution in [2.75, 3.05) is 25.1 Å². The Hall–Kier alpha value is -0.610. The van der Waals surface area contributed by atoms with E-state index in [1.54, 1.807) is 11.3 Å². The topological polar surface area (TPSA) is 34.1 Å². The quantitative estimate of drug-likeness (QED) is 0.774. The van der Waals surface area contributed by atoms with E-state index in [1.807, 2.05) is 11.6 Å². The summed E-state index contributed by atoms with van der Waals surface area (Å²) in [6, 6.07) is 0. The van der Waals surface area contributed by atoms with Gasteiger partial charge in [-0.05, 0) is 6.42 Å². The van der Waals surface area contributed by atoms with Crippen LogP contribution in [0, 0.1) is 5.92 Å². The molecule has 1 unspecified atom stereocenters. The monoisotopic (exact) mass is 184 g/mol. The largest absolute Gasteiger partial charge is 0.381 e. The van der Waals surface area contributed by atoms with Crippen LogP contribution in [0.1, 0.15) is 6.42 Å². The second kappa shape index (κ2) is 3.87. The number of nitrogens with one attached hydrogen (secondary N) is 1. The molecule has 1 aliphatic rings. The molecule has 2 heterocycles. The summed E-state index contributed by atoms with van der Waals surface area (Å²) in [7, 11) is 0. The molecule has 3 nitrogen and oxygen atoms in total. The number of aromatic nitrogens is 1. The van der Waals surface area contributed by atoms with E-state index in [2.05, 4.69) is 10.3 Å². The lowest BCUT2D eigenvalue weighted by molar-refractivity contribution is 0.187. The van der Waals surface area contributed by atoms with E-state index in [-0.39, 0.29) is 0 Å². The predicted octanol–water partition coefficient (Wildman–Crippen LogP) is 1.59. The summed E-state index contributed by atoms with van der Waals surface area (Å²) >= 11 is 1.64. The summed E-state index contributed by atoms with van der Waals surface area (Å²) < 4.78 is 5.27. The third kappa shape index (κ3) is 1.95. The molecule has 66 valence electrons. The highest BCUT2D eigenvalue weighted by atomic mass is 32.1. The highest BCUT2D eigenvalue weighted by molar-refractivity contribution is 7.13. The molecule has 4 heteroatoms. The number of hydrogen-bond acceptors (Lipinski definition) is 4. The lowest BCUT2D eigenvalue weighted by atomic mass is 10.1. The maximum Gasteiger partial charge on any atom is 0.182 e. The first kappa shape index (κ1) is 8.01. The second-order valence-electron chi connectivity index (χ2n) is 2.95. The van der Waals surface area contributed by atoms with Crippen LogP contribution in [0.3, 0.4) is 0 Å². The van der Waals surface area contributed by atoms with E-state index in [1.165, 1.54) is 6.42 Å². The predicted molar refractivity (Wildman–Crippen MR) is 49.5 cm³/mol. The molecule has 2 rings (SSSR count). The first-order valence-corrected chi connectivity index (χ1v) is 5.04. The molecule has 1 aromatic rings. The fourth-order valence-corrected chi connectivity index (χ4v) is 1.83. The van der Waals surface area contributed by atoms with Gasteiger partial charge in [0.25, 0.3) is 0 Å². The van der Waals surface area contributed by atoms with Crippen LogP contribution in [0.15, 0.2) is 11.6 Å². The molecule has 1 atom stereocenters. The standard InChI is InChI=1S/C8H12N2OS/c1-3-11-6-7(1)5-10-8-9-2-4-12-8/h2,4,7H,1,3,5-6H2,(H,9,10). The van der Waals surface area contributed by atoms with Gasteiger partial charge in [0.1, 0.15) is 0 Å². The summed E-state index contributed by atoms with van der Waals surface area (Å²) in [5.74, 6) is 0.675. The minimum absolute atomic E-state index is 0.675. The summed E-state index contributed by atoms with van der Waals surface area (Å²) in [6.07, 6.45) is 3.00. The maximum atomic E-state index is 5.27. The Balaban J connectivity index is 1.74. The second-order valence-corrected chi connectivity index (χ2v) is 3.84. The molecule has 0 aliphatic carbocycles. The number of nitrogens with zero attached hydrogens (tertiary/aromatic N) is 1. The minimum Gasteiger partial charge on any atom is -0.381 e. The molecule has 0 aromatic carbocycles. The van der Waals surface area contributed by atoms with Gasteiger partial charge >= 0.3 is 0 Å². The molecule has 0 saturated carbocycles. The highest BCUT2D eigenvalue weighted by Gasteiger charge is 2.14. The fourth-order valence-electron chi connectivity index (χ4n) is 1.29. The van der Waals surface area contributed by atoms with Crippen LogP contribution in [-0.2, 0) is 4.74 Å². The van der Waals surface area contributed by atoms with E-state index < -0.39 is 0 Å². The Morgan fingerprint density at radius 3 is 3.42 bits per heavy atom. The van der Waals surface area contributed by atoms with E-state index >= 15 is 0 Å². The number of thiazole rings is 1. The normalized spacial score (nSPS) is 22.8. The average molecular weight is 184 g/mol. The number of rotatable bonds is 3. The van der Waals surface area contributed by atoms with Crippen LogP contribution in [0.2, 0.25) is 0 Å². The molecular formula is C8H12N2OS. The fraction of sp³-hybridized carbons (Fsp3) is 0.625. The first-order valence-electron chi connectivity index (χ1n) is 4.16. The zero-order valence-corrected chi connectivity index (χ0v) is 7.64. The molecule has 0 radical (unpaired) electrons. The SMILES string of the molecule is c1csc(NCC2CCOC2)n1. The van der Waals surface area contributed by atoms with Gasteiger partial charge in [0.2, 0.25) is 0 Å². The molecule has 12 heavy (non-hydrogen) atoms. The molecule has 1 saturated heterocycles. The Labute approximate surface area is 75.8 Å². The van der Waals surface area contributed by atoms with Gasteiger partial charge < -0.3 is 10.1 Å². The van der Waals surface area contributed by atoms with Crippen molar-refractivity contribution in [2.24, 2.45) is 5.92 Å². The smallest absolute Gasteiger partial charge is 0.182 e. The van der Waals surface area contributed by atoms with E-state index in [4.69, 9.17) is 4.74 Å². The van der Waals surface area contributed by atoms with Gasteiger partial charge in [0.05, 0.1) is 6.61 Å². The van der Waals surface area contributed by atoms with Crippen molar-refractivity contribution < 1.29 is 4.74 Å². The van der Waals surface area contributed by atoms with Gasteiger partial charge in [-0.25, -0.2) is 4.98 Å². The van der Waals surface area contributed by atoms with Gasteiger partial charge in [-0.3, -0.25) is 0 Å². The van der Waals surface area contributed by atoms with E-state index in [0.717, 1.165) is 24.9 Å². The maximum absolute atomic E-state index is 5.27. The molecular weight excluding hydrogens is 172 g/mol. The summed E-state index contributed by atoms with van der Waals surface area (Å²) in [4.78, 5) is 4.14. The van der Waals surface area contributed by atoms with Crippen LogP contribution in [0.4, 0.5) is 5.13 Å². The van der Waals surface area contributed by atoms with Crippen LogP contribution < -0.4 is 5.32 Å². The van der Waals surface area contributed by atoms with Gasteiger partial charge in [-0.1, -0.05) is 0 Å². The summed E-state index contributed by atoms with van der Waals surface area (Å²) in [5, 5.41) is 6.29. The molecule has 0 amide bonds. The highest BCUT2D eigenvalue weighted by Crippen LogP contribution is 2.15. The molecule has 1 aromatic heterocycles. The number of ether oxygens (including phenoxy) is 1. The number of hydrogen-bond donors (Lipinski definition) is 1. The van der Waals surface area contributed by atoms with E-state index in [0.29, 0.717) is 5.92 Å². The Morgan fingerprint density at radius 2 is 2.75 bits per heavy atom.